The normalized spacial score (nSPS) is 18.8. The van der Waals surface area contributed by atoms with E-state index in [1.807, 2.05) is 6.92 Å². The molecule has 4 heterocycles. The summed E-state index contributed by atoms with van der Waals surface area (Å²) in [5.41, 5.74) is 1.52. The third kappa shape index (κ3) is 6.23. The molecule has 1 aromatic carbocycles. The molecule has 0 bridgehead atoms. The Morgan fingerprint density at radius 3 is 2.59 bits per heavy atom. The number of ether oxygens (including phenoxy) is 2. The van der Waals surface area contributed by atoms with Gasteiger partial charge in [0.2, 0.25) is 0 Å². The van der Waals surface area contributed by atoms with E-state index < -0.39 is 35.5 Å². The van der Waals surface area contributed by atoms with Crippen LogP contribution >= 0.6 is 11.5 Å². The van der Waals surface area contributed by atoms with E-state index in [1.165, 1.54) is 34.9 Å². The number of likely N-dealkylation sites (tertiary alicyclic amines) is 1. The number of aryl methyl sites for hydroxylation is 1. The van der Waals surface area contributed by atoms with Gasteiger partial charge in [-0.2, -0.15) is 4.37 Å². The molecule has 2 unspecified atom stereocenters. The molecule has 14 heteroatoms. The molecular weight excluding hydrogens is 532 g/mol. The van der Waals surface area contributed by atoms with Crippen LogP contribution in [0.25, 0.3) is 0 Å². The lowest BCUT2D eigenvalue weighted by Crippen LogP contribution is -2.61. The summed E-state index contributed by atoms with van der Waals surface area (Å²) in [4.78, 5) is 34.6. The summed E-state index contributed by atoms with van der Waals surface area (Å²) >= 11 is 1.22. The van der Waals surface area contributed by atoms with Crippen molar-refractivity contribution in [3.63, 3.8) is 0 Å². The second-order valence-electron chi connectivity index (χ2n) is 10.2. The Morgan fingerprint density at radius 1 is 1.15 bits per heavy atom. The first kappa shape index (κ1) is 26.7. The highest BCUT2D eigenvalue weighted by Crippen LogP contribution is 2.46. The molecule has 0 saturated carbocycles. The van der Waals surface area contributed by atoms with Crippen LogP contribution in [0.1, 0.15) is 48.6 Å². The number of nitrogens with one attached hydrogen (secondary N) is 3. The van der Waals surface area contributed by atoms with E-state index >= 15 is 0 Å². The molecule has 3 aromatic rings. The van der Waals surface area contributed by atoms with Crippen LogP contribution in [0.3, 0.4) is 0 Å². The zero-order valence-electron chi connectivity index (χ0n) is 21.6. The molecule has 2 atom stereocenters. The van der Waals surface area contributed by atoms with Crippen molar-refractivity contribution in [2.45, 2.75) is 51.7 Å². The molecule has 2 aliphatic heterocycles. The van der Waals surface area contributed by atoms with E-state index in [0.29, 0.717) is 29.6 Å². The Bertz CT molecular complexity index is 1390. The molecule has 11 nitrogen and oxygen atoms in total. The number of anilines is 3. The fourth-order valence-corrected chi connectivity index (χ4v) is 4.76. The predicted molar refractivity (Wildman–Crippen MR) is 139 cm³/mol. The number of aromatic nitrogens is 3. The van der Waals surface area contributed by atoms with E-state index in [4.69, 9.17) is 9.47 Å². The highest BCUT2D eigenvalue weighted by atomic mass is 32.1. The lowest BCUT2D eigenvalue weighted by atomic mass is 10.1. The fraction of sp³-hybridized carbons (Fsp3) is 0.400. The summed E-state index contributed by atoms with van der Waals surface area (Å²) in [5.74, 6) is -1.86. The smallest absolute Gasteiger partial charge is 0.410 e. The van der Waals surface area contributed by atoms with Crippen molar-refractivity contribution >= 4 is 40.0 Å². The monoisotopic (exact) mass is 559 g/mol. The van der Waals surface area contributed by atoms with Crippen LogP contribution in [-0.4, -0.2) is 62.2 Å². The van der Waals surface area contributed by atoms with Crippen molar-refractivity contribution in [3.8, 4) is 0 Å². The largest absolute Gasteiger partial charge is 0.444 e. The minimum Gasteiger partial charge on any atom is -0.444 e. The molecule has 0 radical (unpaired) electrons. The topological polar surface area (TPSA) is 134 Å². The molecule has 5 rings (SSSR count). The number of carbonyl (C=O) groups is 2. The standard InChI is InChI=1S/C25H27F2N7O4S/c1-12-19(20-22(37-20)31-13-5-6-15(26)16(27)7-13)23(39-33-12)32-18-9-28-17(8-29-18)21(35)30-14-10-34(11-14)24(36)38-25(2,3)4/h5-9,14,20,22,31H,10-11H2,1-4H3,(H,29,32)(H,30,35). The van der Waals surface area contributed by atoms with Crippen molar-refractivity contribution in [2.24, 2.45) is 0 Å². The van der Waals surface area contributed by atoms with Crippen LogP contribution in [-0.2, 0) is 9.47 Å². The van der Waals surface area contributed by atoms with E-state index in [-0.39, 0.29) is 17.8 Å². The van der Waals surface area contributed by atoms with E-state index in [9.17, 15) is 18.4 Å². The van der Waals surface area contributed by atoms with Crippen LogP contribution in [0, 0.1) is 18.6 Å². The quantitative estimate of drug-likeness (QED) is 0.366. The number of benzene rings is 1. The second-order valence-corrected chi connectivity index (χ2v) is 11.0. The van der Waals surface area contributed by atoms with Crippen molar-refractivity contribution in [1.29, 1.82) is 0 Å². The minimum absolute atomic E-state index is 0.137. The van der Waals surface area contributed by atoms with Gasteiger partial charge in [0.15, 0.2) is 17.9 Å². The van der Waals surface area contributed by atoms with Crippen molar-refractivity contribution in [2.75, 3.05) is 23.7 Å². The van der Waals surface area contributed by atoms with Crippen LogP contribution in [0.4, 0.5) is 30.1 Å². The Kier molecular flexibility index (Phi) is 7.07. The number of hydrogen-bond donors (Lipinski definition) is 3. The number of halogens is 2. The summed E-state index contributed by atoms with van der Waals surface area (Å²) in [6.45, 7) is 7.95. The van der Waals surface area contributed by atoms with Crippen LogP contribution in [0.2, 0.25) is 0 Å². The van der Waals surface area contributed by atoms with Gasteiger partial charge in [0, 0.05) is 30.4 Å². The summed E-state index contributed by atoms with van der Waals surface area (Å²) in [6, 6.07) is 3.36. The third-order valence-electron chi connectivity index (χ3n) is 5.91. The Morgan fingerprint density at radius 2 is 1.92 bits per heavy atom. The van der Waals surface area contributed by atoms with Crippen molar-refractivity contribution in [3.05, 3.63) is 59.2 Å². The first-order valence-corrected chi connectivity index (χ1v) is 13.0. The van der Waals surface area contributed by atoms with Gasteiger partial charge < -0.3 is 30.3 Å². The number of nitrogens with zero attached hydrogens (tertiary/aromatic N) is 4. The van der Waals surface area contributed by atoms with E-state index in [0.717, 1.165) is 23.4 Å². The maximum Gasteiger partial charge on any atom is 0.410 e. The molecular formula is C25H27F2N7O4S. The highest BCUT2D eigenvalue weighted by molar-refractivity contribution is 7.10. The van der Waals surface area contributed by atoms with Gasteiger partial charge in [-0.3, -0.25) is 4.79 Å². The number of rotatable bonds is 7. The van der Waals surface area contributed by atoms with Gasteiger partial charge in [-0.15, -0.1) is 0 Å². The van der Waals surface area contributed by atoms with Crippen LogP contribution in [0.15, 0.2) is 30.6 Å². The molecule has 0 spiro atoms. The third-order valence-corrected chi connectivity index (χ3v) is 6.78. The Labute approximate surface area is 227 Å². The highest BCUT2D eigenvalue weighted by Gasteiger charge is 2.44. The molecule has 2 fully saturated rings. The minimum atomic E-state index is -0.945. The molecule has 2 amide bonds. The number of epoxide rings is 1. The average Bonchev–Trinajstić information content (AvgIpc) is 3.49. The van der Waals surface area contributed by atoms with E-state index in [1.54, 1.807) is 20.8 Å². The maximum absolute atomic E-state index is 13.5. The first-order valence-electron chi connectivity index (χ1n) is 12.2. The molecule has 2 aliphatic rings. The molecule has 0 aliphatic carbocycles. The predicted octanol–water partition coefficient (Wildman–Crippen LogP) is 4.12. The number of hydrogen-bond acceptors (Lipinski definition) is 10. The van der Waals surface area contributed by atoms with Gasteiger partial charge in [-0.1, -0.05) is 0 Å². The molecule has 206 valence electrons. The van der Waals surface area contributed by atoms with Gasteiger partial charge in [0.05, 0.1) is 24.1 Å². The summed E-state index contributed by atoms with van der Waals surface area (Å²) < 4.78 is 42.1. The number of amides is 2. The first-order chi connectivity index (χ1) is 18.5. The van der Waals surface area contributed by atoms with Crippen molar-refractivity contribution in [1.82, 2.24) is 24.6 Å². The van der Waals surface area contributed by atoms with Gasteiger partial charge in [-0.05, 0) is 51.4 Å². The fourth-order valence-electron chi connectivity index (χ4n) is 3.92. The summed E-state index contributed by atoms with van der Waals surface area (Å²) in [6.07, 6.45) is 1.60. The lowest BCUT2D eigenvalue weighted by Gasteiger charge is -2.39. The second kappa shape index (κ2) is 10.3. The zero-order chi connectivity index (χ0) is 27.9. The average molecular weight is 560 g/mol. The van der Waals surface area contributed by atoms with Crippen LogP contribution in [0.5, 0.6) is 0 Å². The van der Waals surface area contributed by atoms with Gasteiger partial charge in [-0.25, -0.2) is 23.5 Å². The van der Waals surface area contributed by atoms with Crippen LogP contribution < -0.4 is 16.0 Å². The molecule has 3 N–H and O–H groups in total. The summed E-state index contributed by atoms with van der Waals surface area (Å²) in [5, 5.41) is 9.70. The Hall–Kier alpha value is -3.91. The SMILES string of the molecule is Cc1nsc(Nc2cnc(C(=O)NC3CN(C(=O)OC(C)(C)C)C3)cn2)c1C1OC1Nc1ccc(F)c(F)c1. The summed E-state index contributed by atoms with van der Waals surface area (Å²) in [7, 11) is 0. The Balaban J connectivity index is 1.14. The van der Waals surface area contributed by atoms with Gasteiger partial charge in [0.25, 0.3) is 5.91 Å². The molecule has 2 saturated heterocycles. The number of carbonyl (C=O) groups excluding carboxylic acids is 2. The van der Waals surface area contributed by atoms with Gasteiger partial charge >= 0.3 is 6.09 Å². The zero-order valence-corrected chi connectivity index (χ0v) is 22.4. The molecule has 2 aromatic heterocycles. The molecule has 39 heavy (non-hydrogen) atoms. The van der Waals surface area contributed by atoms with Crippen molar-refractivity contribution < 1.29 is 27.8 Å². The van der Waals surface area contributed by atoms with Gasteiger partial charge in [0.1, 0.15) is 28.2 Å². The maximum atomic E-state index is 13.5. The van der Waals surface area contributed by atoms with E-state index in [2.05, 4.69) is 30.3 Å². The lowest BCUT2D eigenvalue weighted by molar-refractivity contribution is 0.00530.